The average Bonchev–Trinajstić information content (AvgIpc) is 3.50. The van der Waals surface area contributed by atoms with Gasteiger partial charge in [-0.2, -0.15) is 0 Å². The molecular weight excluding hydrogens is 506 g/mol. The number of carbonyl (C=O) groups excluding carboxylic acids is 2. The maximum atomic E-state index is 13.4. The zero-order valence-corrected chi connectivity index (χ0v) is 23.1. The number of hydrogen-bond donors (Lipinski definition) is 2. The molecule has 5 rings (SSSR count). The van der Waals surface area contributed by atoms with Gasteiger partial charge in [-0.3, -0.25) is 9.59 Å². The van der Waals surface area contributed by atoms with Crippen LogP contribution in [0.3, 0.4) is 0 Å². The van der Waals surface area contributed by atoms with Crippen LogP contribution in [0.25, 0.3) is 0 Å². The van der Waals surface area contributed by atoms with Crippen molar-refractivity contribution in [3.8, 4) is 0 Å². The second kappa shape index (κ2) is 13.7. The van der Waals surface area contributed by atoms with Gasteiger partial charge in [-0.25, -0.2) is 0 Å². The van der Waals surface area contributed by atoms with Crippen molar-refractivity contribution in [2.45, 2.75) is 43.1 Å². The Morgan fingerprint density at radius 1 is 0.923 bits per heavy atom. The maximum absolute atomic E-state index is 13.4. The lowest BCUT2D eigenvalue weighted by Crippen LogP contribution is -2.37. The third-order valence-electron chi connectivity index (χ3n) is 7.47. The van der Waals surface area contributed by atoms with Gasteiger partial charge in [0.25, 0.3) is 5.91 Å². The van der Waals surface area contributed by atoms with Crippen LogP contribution in [-0.2, 0) is 16.0 Å². The van der Waals surface area contributed by atoms with Crippen molar-refractivity contribution in [2.24, 2.45) is 5.92 Å². The molecule has 0 radical (unpaired) electrons. The van der Waals surface area contributed by atoms with Crippen molar-refractivity contribution >= 4 is 35.0 Å². The van der Waals surface area contributed by atoms with Gasteiger partial charge >= 0.3 is 0 Å². The SMILES string of the molecule is O=C(CSc1ccccc1)Nc1ccc(N2CCC(Cc3ccccc3)CC2)c(C(=O)NCC2CCCO2)c1. The molecule has 2 aliphatic rings. The Kier molecular flexibility index (Phi) is 9.57. The van der Waals surface area contributed by atoms with Crippen LogP contribution in [-0.4, -0.2) is 49.9 Å². The van der Waals surface area contributed by atoms with Gasteiger partial charge in [0.1, 0.15) is 0 Å². The summed E-state index contributed by atoms with van der Waals surface area (Å²) in [7, 11) is 0. The number of hydrogen-bond acceptors (Lipinski definition) is 5. The maximum Gasteiger partial charge on any atom is 0.253 e. The van der Waals surface area contributed by atoms with Gasteiger partial charge in [0, 0.05) is 42.5 Å². The fraction of sp³-hybridized carbons (Fsp3) is 0.375. The lowest BCUT2D eigenvalue weighted by Gasteiger charge is -2.35. The van der Waals surface area contributed by atoms with Crippen LogP contribution in [0.15, 0.2) is 83.8 Å². The number of piperidine rings is 1. The van der Waals surface area contributed by atoms with Crippen molar-refractivity contribution in [1.29, 1.82) is 0 Å². The Hall–Kier alpha value is -3.29. The number of nitrogens with zero attached hydrogens (tertiary/aromatic N) is 1. The minimum absolute atomic E-state index is 0.0732. The zero-order chi connectivity index (χ0) is 26.9. The fourth-order valence-corrected chi connectivity index (χ4v) is 6.09. The van der Waals surface area contributed by atoms with Gasteiger partial charge < -0.3 is 20.3 Å². The van der Waals surface area contributed by atoms with E-state index in [9.17, 15) is 9.59 Å². The van der Waals surface area contributed by atoms with Crippen molar-refractivity contribution < 1.29 is 14.3 Å². The van der Waals surface area contributed by atoms with Gasteiger partial charge in [0.2, 0.25) is 5.91 Å². The fourth-order valence-electron chi connectivity index (χ4n) is 5.37. The highest BCUT2D eigenvalue weighted by Crippen LogP contribution is 2.30. The van der Waals surface area contributed by atoms with Crippen LogP contribution in [0.2, 0.25) is 0 Å². The van der Waals surface area contributed by atoms with Crippen LogP contribution in [0.5, 0.6) is 0 Å². The van der Waals surface area contributed by atoms with Crippen LogP contribution in [0, 0.1) is 5.92 Å². The molecule has 3 aromatic rings. The van der Waals surface area contributed by atoms with Gasteiger partial charge in [-0.05, 0) is 73.9 Å². The molecule has 2 aliphatic heterocycles. The number of carbonyl (C=O) groups is 2. The predicted molar refractivity (Wildman–Crippen MR) is 159 cm³/mol. The first-order valence-corrected chi connectivity index (χ1v) is 14.9. The summed E-state index contributed by atoms with van der Waals surface area (Å²) in [5.74, 6) is 0.730. The van der Waals surface area contributed by atoms with E-state index in [4.69, 9.17) is 4.74 Å². The lowest BCUT2D eigenvalue weighted by atomic mass is 9.89. The minimum atomic E-state index is -0.123. The lowest BCUT2D eigenvalue weighted by molar-refractivity contribution is -0.113. The summed E-state index contributed by atoms with van der Waals surface area (Å²) in [5.41, 5.74) is 3.55. The van der Waals surface area contributed by atoms with Crippen molar-refractivity contribution in [2.75, 3.05) is 42.2 Å². The van der Waals surface area contributed by atoms with Gasteiger partial charge in [0.05, 0.1) is 17.4 Å². The molecule has 2 N–H and O–H groups in total. The Labute approximate surface area is 235 Å². The molecule has 2 saturated heterocycles. The number of benzene rings is 3. The predicted octanol–water partition coefficient (Wildman–Crippen LogP) is 5.79. The van der Waals surface area contributed by atoms with Crippen molar-refractivity contribution in [1.82, 2.24) is 5.32 Å². The Morgan fingerprint density at radius 3 is 2.38 bits per heavy atom. The molecule has 39 heavy (non-hydrogen) atoms. The zero-order valence-electron chi connectivity index (χ0n) is 22.3. The van der Waals surface area contributed by atoms with E-state index in [-0.39, 0.29) is 17.9 Å². The van der Waals surface area contributed by atoms with Crippen LogP contribution in [0.1, 0.15) is 41.6 Å². The first-order chi connectivity index (χ1) is 19.1. The standard InChI is InChI=1S/C32H37N3O3S/c36-31(23-39-28-11-5-2-6-12-28)34-26-13-14-30(29(21-26)32(37)33-22-27-10-7-19-38-27)35-17-15-25(16-18-35)20-24-8-3-1-4-9-24/h1-6,8-9,11-14,21,25,27H,7,10,15-20,22-23H2,(H,33,37)(H,34,36). The van der Waals surface area contributed by atoms with Crippen molar-refractivity contribution in [3.05, 3.63) is 90.0 Å². The molecular formula is C32H37N3O3S. The number of nitrogens with one attached hydrogen (secondary N) is 2. The third kappa shape index (κ3) is 7.87. The van der Waals surface area contributed by atoms with E-state index in [0.717, 1.165) is 62.4 Å². The summed E-state index contributed by atoms with van der Waals surface area (Å²) < 4.78 is 5.70. The number of ether oxygens (including phenoxy) is 1. The third-order valence-corrected chi connectivity index (χ3v) is 8.49. The number of thioether (sulfide) groups is 1. The van der Waals surface area contributed by atoms with E-state index in [2.05, 4.69) is 45.9 Å². The summed E-state index contributed by atoms with van der Waals surface area (Å²) in [6.45, 7) is 3.07. The Balaban J connectivity index is 1.25. The molecule has 0 bridgehead atoms. The number of anilines is 2. The molecule has 1 atom stereocenters. The number of rotatable bonds is 10. The quantitative estimate of drug-likeness (QED) is 0.317. The first-order valence-electron chi connectivity index (χ1n) is 13.9. The van der Waals surface area contributed by atoms with E-state index < -0.39 is 0 Å². The molecule has 0 saturated carbocycles. The molecule has 0 spiro atoms. The molecule has 6 nitrogen and oxygen atoms in total. The summed E-state index contributed by atoms with van der Waals surface area (Å²) in [5, 5.41) is 6.07. The molecule has 0 aliphatic carbocycles. The smallest absolute Gasteiger partial charge is 0.253 e. The molecule has 204 valence electrons. The van der Waals surface area contributed by atoms with Crippen LogP contribution in [0.4, 0.5) is 11.4 Å². The van der Waals surface area contributed by atoms with Crippen LogP contribution < -0.4 is 15.5 Å². The van der Waals surface area contributed by atoms with E-state index in [1.807, 2.05) is 48.5 Å². The second-order valence-electron chi connectivity index (χ2n) is 10.3. The summed E-state index contributed by atoms with van der Waals surface area (Å²) >= 11 is 1.49. The van der Waals surface area contributed by atoms with E-state index in [0.29, 0.717) is 29.5 Å². The molecule has 3 aromatic carbocycles. The largest absolute Gasteiger partial charge is 0.376 e. The summed E-state index contributed by atoms with van der Waals surface area (Å²) in [6, 6.07) is 26.3. The highest BCUT2D eigenvalue weighted by Gasteiger charge is 2.25. The molecule has 7 heteroatoms. The Morgan fingerprint density at radius 2 is 1.67 bits per heavy atom. The highest BCUT2D eigenvalue weighted by atomic mass is 32.2. The van der Waals surface area contributed by atoms with Crippen LogP contribution >= 0.6 is 11.8 Å². The minimum Gasteiger partial charge on any atom is -0.376 e. The highest BCUT2D eigenvalue weighted by molar-refractivity contribution is 8.00. The summed E-state index contributed by atoms with van der Waals surface area (Å²) in [6.07, 6.45) is 5.34. The molecule has 1 unspecified atom stereocenters. The molecule has 2 amide bonds. The monoisotopic (exact) mass is 543 g/mol. The normalized spacial score (nSPS) is 17.6. The van der Waals surface area contributed by atoms with E-state index in [1.165, 1.54) is 17.3 Å². The molecule has 0 aromatic heterocycles. The van der Waals surface area contributed by atoms with Gasteiger partial charge in [0.15, 0.2) is 0 Å². The van der Waals surface area contributed by atoms with E-state index in [1.54, 1.807) is 0 Å². The second-order valence-corrected chi connectivity index (χ2v) is 11.4. The van der Waals surface area contributed by atoms with Crippen molar-refractivity contribution in [3.63, 3.8) is 0 Å². The van der Waals surface area contributed by atoms with Gasteiger partial charge in [-0.15, -0.1) is 11.8 Å². The summed E-state index contributed by atoms with van der Waals surface area (Å²) in [4.78, 5) is 29.5. The van der Waals surface area contributed by atoms with E-state index >= 15 is 0 Å². The average molecular weight is 544 g/mol. The number of amides is 2. The molecule has 2 heterocycles. The van der Waals surface area contributed by atoms with Gasteiger partial charge in [-0.1, -0.05) is 48.5 Å². The topological polar surface area (TPSA) is 70.7 Å². The first kappa shape index (κ1) is 27.3. The Bertz CT molecular complexity index is 1220. The molecule has 2 fully saturated rings.